The lowest BCUT2D eigenvalue weighted by Crippen LogP contribution is -2.38. The second-order valence-corrected chi connectivity index (χ2v) is 4.32. The Hall–Kier alpha value is -0.860. The van der Waals surface area contributed by atoms with E-state index in [1.165, 1.54) is 12.8 Å². The number of hydrogen-bond acceptors (Lipinski definition) is 3. The summed E-state index contributed by atoms with van der Waals surface area (Å²) in [5.74, 6) is 0.928. The van der Waals surface area contributed by atoms with Gasteiger partial charge in [-0.2, -0.15) is 0 Å². The van der Waals surface area contributed by atoms with Crippen molar-refractivity contribution < 1.29 is 0 Å². The van der Waals surface area contributed by atoms with Crippen LogP contribution in [0.2, 0.25) is 0 Å². The zero-order valence-corrected chi connectivity index (χ0v) is 13.0. The first kappa shape index (κ1) is 15.2. The molecule has 2 N–H and O–H groups in total. The first-order valence-electron chi connectivity index (χ1n) is 6.18. The number of aromatic nitrogens is 3. The van der Waals surface area contributed by atoms with Crippen LogP contribution < -0.4 is 10.6 Å². The highest BCUT2D eigenvalue weighted by Gasteiger charge is 2.21. The van der Waals surface area contributed by atoms with E-state index in [0.29, 0.717) is 6.04 Å². The Balaban J connectivity index is 0.00000162. The van der Waals surface area contributed by atoms with Gasteiger partial charge in [0.2, 0.25) is 0 Å². The number of nitrogens with zero attached hydrogens (tertiary/aromatic N) is 4. The zero-order chi connectivity index (χ0) is 11.9. The molecule has 0 saturated heterocycles. The molecule has 0 bridgehead atoms. The molecule has 1 aliphatic rings. The van der Waals surface area contributed by atoms with E-state index in [-0.39, 0.29) is 24.0 Å². The monoisotopic (exact) mass is 364 g/mol. The maximum absolute atomic E-state index is 4.18. The van der Waals surface area contributed by atoms with Gasteiger partial charge in [0.1, 0.15) is 12.7 Å². The number of aliphatic imine (C=N–C) groups is 1. The maximum Gasteiger partial charge on any atom is 0.191 e. The third kappa shape index (κ3) is 5.65. The van der Waals surface area contributed by atoms with E-state index in [2.05, 4.69) is 25.8 Å². The van der Waals surface area contributed by atoms with E-state index in [4.69, 9.17) is 0 Å². The van der Waals surface area contributed by atoms with Gasteiger partial charge in [-0.15, -0.1) is 34.2 Å². The number of hydrogen-bond donors (Lipinski definition) is 2. The molecule has 1 heterocycles. The van der Waals surface area contributed by atoms with Crippen molar-refractivity contribution in [3.8, 4) is 0 Å². The Kier molecular flexibility index (Phi) is 6.99. The molecule has 1 aromatic heterocycles. The Bertz CT molecular complexity index is 346. The lowest BCUT2D eigenvalue weighted by Gasteiger charge is -2.10. The van der Waals surface area contributed by atoms with Crippen molar-refractivity contribution in [1.29, 1.82) is 0 Å². The van der Waals surface area contributed by atoms with Gasteiger partial charge < -0.3 is 15.2 Å². The lowest BCUT2D eigenvalue weighted by molar-refractivity contribution is 0.597. The average molecular weight is 364 g/mol. The number of halogens is 1. The van der Waals surface area contributed by atoms with Crippen LogP contribution in [-0.2, 0) is 6.54 Å². The Labute approximate surface area is 125 Å². The minimum atomic E-state index is 0. The van der Waals surface area contributed by atoms with Crippen LogP contribution in [-0.4, -0.2) is 40.4 Å². The average Bonchev–Trinajstić information content (AvgIpc) is 3.01. The molecule has 1 fully saturated rings. The van der Waals surface area contributed by atoms with Crippen molar-refractivity contribution in [2.45, 2.75) is 38.3 Å². The molecule has 0 amide bonds. The van der Waals surface area contributed by atoms with Crippen molar-refractivity contribution in [2.24, 2.45) is 4.99 Å². The fourth-order valence-electron chi connectivity index (χ4n) is 1.58. The second-order valence-electron chi connectivity index (χ2n) is 4.32. The van der Waals surface area contributed by atoms with Crippen molar-refractivity contribution in [3.05, 3.63) is 12.7 Å². The van der Waals surface area contributed by atoms with Crippen LogP contribution in [0.3, 0.4) is 0 Å². The fraction of sp³-hybridized carbons (Fsp3) is 0.727. The van der Waals surface area contributed by atoms with Crippen LogP contribution in [0.4, 0.5) is 0 Å². The molecule has 0 spiro atoms. The van der Waals surface area contributed by atoms with Gasteiger partial charge in [0.05, 0.1) is 0 Å². The molecule has 7 heteroatoms. The summed E-state index contributed by atoms with van der Waals surface area (Å²) in [6, 6.07) is 0.651. The van der Waals surface area contributed by atoms with E-state index < -0.39 is 0 Å². The van der Waals surface area contributed by atoms with Crippen LogP contribution in [0.15, 0.2) is 17.6 Å². The van der Waals surface area contributed by atoms with Crippen LogP contribution in [0.5, 0.6) is 0 Å². The molecule has 1 aromatic rings. The van der Waals surface area contributed by atoms with E-state index in [1.807, 2.05) is 11.6 Å². The molecule has 6 nitrogen and oxygen atoms in total. The predicted octanol–water partition coefficient (Wildman–Crippen LogP) is 1.00. The molecule has 18 heavy (non-hydrogen) atoms. The topological polar surface area (TPSA) is 67.1 Å². The molecule has 2 rings (SSSR count). The Morgan fingerprint density at radius 1 is 1.33 bits per heavy atom. The van der Waals surface area contributed by atoms with Crippen LogP contribution >= 0.6 is 24.0 Å². The van der Waals surface area contributed by atoms with Gasteiger partial charge in [-0.1, -0.05) is 0 Å². The molecule has 102 valence electrons. The van der Waals surface area contributed by atoms with Gasteiger partial charge in [-0.25, -0.2) is 0 Å². The van der Waals surface area contributed by atoms with Gasteiger partial charge in [0.15, 0.2) is 5.96 Å². The normalized spacial score (nSPS) is 15.1. The van der Waals surface area contributed by atoms with Gasteiger partial charge in [-0.05, 0) is 25.7 Å². The summed E-state index contributed by atoms with van der Waals surface area (Å²) in [6.07, 6.45) is 8.28. The van der Waals surface area contributed by atoms with E-state index in [9.17, 15) is 0 Å². The highest BCUT2D eigenvalue weighted by atomic mass is 127. The fourth-order valence-corrected chi connectivity index (χ4v) is 1.58. The highest BCUT2D eigenvalue weighted by Crippen LogP contribution is 2.18. The standard InChI is InChI=1S/C11H20N6.HI/c1-12-11(16-10-4-5-10)13-6-2-3-7-17-8-14-15-9-17;/h8-10H,2-7H2,1H3,(H2,12,13,16);1H. The van der Waals surface area contributed by atoms with Crippen LogP contribution in [0, 0.1) is 0 Å². The number of rotatable bonds is 6. The van der Waals surface area contributed by atoms with Gasteiger partial charge in [-0.3, -0.25) is 4.99 Å². The predicted molar refractivity (Wildman–Crippen MR) is 82.2 cm³/mol. The number of nitrogens with one attached hydrogen (secondary N) is 2. The van der Waals surface area contributed by atoms with Gasteiger partial charge in [0, 0.05) is 26.2 Å². The minimum absolute atomic E-state index is 0. The summed E-state index contributed by atoms with van der Waals surface area (Å²) in [5.41, 5.74) is 0. The number of unbranched alkanes of at least 4 members (excludes halogenated alkanes) is 1. The van der Waals surface area contributed by atoms with Crippen molar-refractivity contribution in [2.75, 3.05) is 13.6 Å². The van der Waals surface area contributed by atoms with Gasteiger partial charge >= 0.3 is 0 Å². The molecule has 1 saturated carbocycles. The van der Waals surface area contributed by atoms with Crippen molar-refractivity contribution in [3.63, 3.8) is 0 Å². The summed E-state index contributed by atoms with van der Waals surface area (Å²) in [6.45, 7) is 1.93. The molecule has 0 aromatic carbocycles. The summed E-state index contributed by atoms with van der Waals surface area (Å²) in [5, 5.41) is 14.2. The molecule has 1 aliphatic carbocycles. The quantitative estimate of drug-likeness (QED) is 0.342. The summed E-state index contributed by atoms with van der Waals surface area (Å²) in [4.78, 5) is 4.18. The van der Waals surface area contributed by atoms with Crippen LogP contribution in [0.1, 0.15) is 25.7 Å². The van der Waals surface area contributed by atoms with Crippen molar-refractivity contribution >= 4 is 29.9 Å². The molecular formula is C11H21IN6. The van der Waals surface area contributed by atoms with E-state index >= 15 is 0 Å². The smallest absolute Gasteiger partial charge is 0.191 e. The minimum Gasteiger partial charge on any atom is -0.356 e. The summed E-state index contributed by atoms with van der Waals surface area (Å²) >= 11 is 0. The lowest BCUT2D eigenvalue weighted by atomic mass is 10.3. The van der Waals surface area contributed by atoms with Crippen molar-refractivity contribution in [1.82, 2.24) is 25.4 Å². The Morgan fingerprint density at radius 3 is 2.67 bits per heavy atom. The third-order valence-corrected chi connectivity index (χ3v) is 2.74. The van der Waals surface area contributed by atoms with Crippen LogP contribution in [0.25, 0.3) is 0 Å². The highest BCUT2D eigenvalue weighted by molar-refractivity contribution is 14.0. The molecule has 0 aliphatic heterocycles. The maximum atomic E-state index is 4.18. The van der Waals surface area contributed by atoms with E-state index in [1.54, 1.807) is 12.7 Å². The number of guanidine groups is 1. The van der Waals surface area contributed by atoms with E-state index in [0.717, 1.165) is 31.9 Å². The first-order chi connectivity index (χ1) is 8.38. The SMILES string of the molecule is CN=C(NCCCCn1cnnc1)NC1CC1.I. The summed E-state index contributed by atoms with van der Waals surface area (Å²) < 4.78 is 2.00. The first-order valence-corrected chi connectivity index (χ1v) is 6.18. The summed E-state index contributed by atoms with van der Waals surface area (Å²) in [7, 11) is 1.81. The zero-order valence-electron chi connectivity index (χ0n) is 10.7. The molecular weight excluding hydrogens is 343 g/mol. The molecule has 0 unspecified atom stereocenters. The largest absolute Gasteiger partial charge is 0.356 e. The third-order valence-electron chi connectivity index (χ3n) is 2.74. The second kappa shape index (κ2) is 8.28. The molecule has 0 atom stereocenters. The number of aryl methyl sites for hydroxylation is 1. The van der Waals surface area contributed by atoms with Gasteiger partial charge in [0.25, 0.3) is 0 Å². The molecule has 0 radical (unpaired) electrons. The Morgan fingerprint density at radius 2 is 2.06 bits per heavy atom.